The van der Waals surface area contributed by atoms with Gasteiger partial charge in [-0.2, -0.15) is 0 Å². The van der Waals surface area contributed by atoms with E-state index in [-0.39, 0.29) is 11.8 Å². The molecule has 0 aliphatic carbocycles. The second-order valence-corrected chi connectivity index (χ2v) is 6.22. The van der Waals surface area contributed by atoms with Crippen LogP contribution in [0.5, 0.6) is 0 Å². The number of nitrogens with one attached hydrogen (secondary N) is 2. The molecule has 0 spiro atoms. The molecule has 0 radical (unpaired) electrons. The summed E-state index contributed by atoms with van der Waals surface area (Å²) < 4.78 is 0. The first-order chi connectivity index (χ1) is 12.1. The van der Waals surface area contributed by atoms with E-state index in [4.69, 9.17) is 0 Å². The lowest BCUT2D eigenvalue weighted by Crippen LogP contribution is -2.26. The molecule has 25 heavy (non-hydrogen) atoms. The van der Waals surface area contributed by atoms with Gasteiger partial charge in [-0.15, -0.1) is 0 Å². The molecule has 2 rings (SSSR count). The van der Waals surface area contributed by atoms with E-state index < -0.39 is 0 Å². The fraction of sp³-hybridized carbons (Fsp3) is 0.333. The van der Waals surface area contributed by atoms with Crippen molar-refractivity contribution in [3.8, 4) is 0 Å². The van der Waals surface area contributed by atoms with Crippen LogP contribution in [0.1, 0.15) is 58.0 Å². The number of carbonyl (C=O) groups is 2. The molecular formula is C21H26N2O2. The Morgan fingerprint density at radius 2 is 1.56 bits per heavy atom. The van der Waals surface area contributed by atoms with Crippen LogP contribution in [-0.2, 0) is 6.54 Å². The van der Waals surface area contributed by atoms with Gasteiger partial charge in [0.1, 0.15) is 0 Å². The number of hydrogen-bond donors (Lipinski definition) is 2. The predicted molar refractivity (Wildman–Crippen MR) is 101 cm³/mol. The number of carbonyl (C=O) groups excluding carboxylic acids is 2. The number of hydrogen-bond acceptors (Lipinski definition) is 2. The largest absolute Gasteiger partial charge is 0.352 e. The van der Waals surface area contributed by atoms with Gasteiger partial charge in [-0.1, -0.05) is 55.7 Å². The molecule has 0 atom stereocenters. The quantitative estimate of drug-likeness (QED) is 0.718. The van der Waals surface area contributed by atoms with Gasteiger partial charge in [-0.25, -0.2) is 0 Å². The molecule has 2 aromatic rings. The highest BCUT2D eigenvalue weighted by atomic mass is 16.2. The van der Waals surface area contributed by atoms with Crippen LogP contribution in [0, 0.1) is 6.92 Å². The Bertz CT molecular complexity index is 725. The minimum atomic E-state index is -0.179. The Morgan fingerprint density at radius 3 is 2.24 bits per heavy atom. The summed E-state index contributed by atoms with van der Waals surface area (Å²) in [7, 11) is 0. The second kappa shape index (κ2) is 9.62. The fourth-order valence-electron chi connectivity index (χ4n) is 2.59. The SMILES string of the molecule is CCCCCNC(=O)c1cccc(C(=O)NCc2cccc(C)c2)c1. The molecule has 0 saturated carbocycles. The van der Waals surface area contributed by atoms with Crippen molar-refractivity contribution < 1.29 is 9.59 Å². The Hall–Kier alpha value is -2.62. The molecule has 4 heteroatoms. The molecular weight excluding hydrogens is 312 g/mol. The van der Waals surface area contributed by atoms with E-state index in [9.17, 15) is 9.59 Å². The summed E-state index contributed by atoms with van der Waals surface area (Å²) in [6.45, 7) is 5.28. The first-order valence-electron chi connectivity index (χ1n) is 8.82. The average molecular weight is 338 g/mol. The van der Waals surface area contributed by atoms with Gasteiger partial charge < -0.3 is 10.6 Å². The first-order valence-corrected chi connectivity index (χ1v) is 8.82. The van der Waals surface area contributed by atoms with Crippen LogP contribution >= 0.6 is 0 Å². The van der Waals surface area contributed by atoms with E-state index in [1.807, 2.05) is 31.2 Å². The van der Waals surface area contributed by atoms with E-state index in [2.05, 4.69) is 17.6 Å². The zero-order chi connectivity index (χ0) is 18.1. The van der Waals surface area contributed by atoms with E-state index >= 15 is 0 Å². The second-order valence-electron chi connectivity index (χ2n) is 6.22. The standard InChI is InChI=1S/C21H26N2O2/c1-3-4-5-12-22-20(24)18-10-7-11-19(14-18)21(25)23-15-17-9-6-8-16(2)13-17/h6-11,13-14H,3-5,12,15H2,1-2H3,(H,22,24)(H,23,25). The van der Waals surface area contributed by atoms with Gasteiger partial charge >= 0.3 is 0 Å². The van der Waals surface area contributed by atoms with Crippen LogP contribution in [-0.4, -0.2) is 18.4 Å². The molecule has 0 aliphatic rings. The Kier molecular flexibility index (Phi) is 7.20. The van der Waals surface area contributed by atoms with Crippen molar-refractivity contribution in [2.45, 2.75) is 39.7 Å². The van der Waals surface area contributed by atoms with Crippen molar-refractivity contribution in [1.29, 1.82) is 0 Å². The molecule has 2 N–H and O–H groups in total. The van der Waals surface area contributed by atoms with Gasteiger partial charge in [0.2, 0.25) is 0 Å². The summed E-state index contributed by atoms with van der Waals surface area (Å²) in [5.74, 6) is -0.313. The molecule has 2 amide bonds. The van der Waals surface area contributed by atoms with E-state index in [1.165, 1.54) is 0 Å². The summed E-state index contributed by atoms with van der Waals surface area (Å²) in [5.41, 5.74) is 3.22. The topological polar surface area (TPSA) is 58.2 Å². The summed E-state index contributed by atoms with van der Waals surface area (Å²) in [4.78, 5) is 24.5. The molecule has 132 valence electrons. The van der Waals surface area contributed by atoms with Crippen LogP contribution < -0.4 is 10.6 Å². The Balaban J connectivity index is 1.93. The molecule has 0 fully saturated rings. The zero-order valence-electron chi connectivity index (χ0n) is 15.0. The van der Waals surface area contributed by atoms with Crippen LogP contribution in [0.3, 0.4) is 0 Å². The third-order valence-electron chi connectivity index (χ3n) is 3.99. The molecule has 2 aromatic carbocycles. The smallest absolute Gasteiger partial charge is 0.251 e. The highest BCUT2D eigenvalue weighted by Gasteiger charge is 2.10. The maximum absolute atomic E-state index is 12.3. The highest BCUT2D eigenvalue weighted by molar-refractivity contribution is 5.99. The van der Waals surface area contributed by atoms with Gasteiger partial charge in [0, 0.05) is 24.2 Å². The third-order valence-corrected chi connectivity index (χ3v) is 3.99. The van der Waals surface area contributed by atoms with Crippen molar-refractivity contribution in [2.24, 2.45) is 0 Å². The molecule has 0 heterocycles. The number of aryl methyl sites for hydroxylation is 1. The van der Waals surface area contributed by atoms with Gasteiger partial charge in [-0.3, -0.25) is 9.59 Å². The summed E-state index contributed by atoms with van der Waals surface area (Å²) in [6, 6.07) is 14.8. The number of benzene rings is 2. The fourth-order valence-corrected chi connectivity index (χ4v) is 2.59. The lowest BCUT2D eigenvalue weighted by Gasteiger charge is -2.08. The molecule has 4 nitrogen and oxygen atoms in total. The molecule has 0 unspecified atom stereocenters. The van der Waals surface area contributed by atoms with Crippen LogP contribution in [0.25, 0.3) is 0 Å². The number of rotatable bonds is 8. The minimum Gasteiger partial charge on any atom is -0.352 e. The maximum Gasteiger partial charge on any atom is 0.251 e. The zero-order valence-corrected chi connectivity index (χ0v) is 15.0. The summed E-state index contributed by atoms with van der Waals surface area (Å²) in [5, 5.41) is 5.79. The van der Waals surface area contributed by atoms with Crippen molar-refractivity contribution in [3.63, 3.8) is 0 Å². The lowest BCUT2D eigenvalue weighted by atomic mass is 10.1. The third kappa shape index (κ3) is 6.07. The monoisotopic (exact) mass is 338 g/mol. The first kappa shape index (κ1) is 18.7. The molecule has 0 aliphatic heterocycles. The van der Waals surface area contributed by atoms with Gasteiger partial charge in [0.05, 0.1) is 0 Å². The number of unbranched alkanes of at least 4 members (excludes halogenated alkanes) is 2. The van der Waals surface area contributed by atoms with Crippen molar-refractivity contribution in [1.82, 2.24) is 10.6 Å². The Morgan fingerprint density at radius 1 is 0.880 bits per heavy atom. The van der Waals surface area contributed by atoms with Gasteiger partial charge in [0.15, 0.2) is 0 Å². The molecule has 0 saturated heterocycles. The molecule has 0 bridgehead atoms. The maximum atomic E-state index is 12.3. The predicted octanol–water partition coefficient (Wildman–Crippen LogP) is 3.85. The van der Waals surface area contributed by atoms with Crippen LogP contribution in [0.4, 0.5) is 0 Å². The van der Waals surface area contributed by atoms with E-state index in [0.29, 0.717) is 24.2 Å². The summed E-state index contributed by atoms with van der Waals surface area (Å²) in [6.07, 6.45) is 3.19. The van der Waals surface area contributed by atoms with Gasteiger partial charge in [-0.05, 0) is 37.1 Å². The minimum absolute atomic E-state index is 0.135. The van der Waals surface area contributed by atoms with Crippen LogP contribution in [0.2, 0.25) is 0 Å². The Labute approximate surface area is 149 Å². The normalized spacial score (nSPS) is 10.3. The van der Waals surface area contributed by atoms with E-state index in [1.54, 1.807) is 24.3 Å². The van der Waals surface area contributed by atoms with Gasteiger partial charge in [0.25, 0.3) is 11.8 Å². The van der Waals surface area contributed by atoms with Crippen molar-refractivity contribution in [3.05, 3.63) is 70.8 Å². The lowest BCUT2D eigenvalue weighted by molar-refractivity contribution is 0.0950. The van der Waals surface area contributed by atoms with Crippen molar-refractivity contribution in [2.75, 3.05) is 6.54 Å². The number of amides is 2. The average Bonchev–Trinajstić information content (AvgIpc) is 2.63. The van der Waals surface area contributed by atoms with E-state index in [0.717, 1.165) is 30.4 Å². The van der Waals surface area contributed by atoms with Crippen LogP contribution in [0.15, 0.2) is 48.5 Å². The van der Waals surface area contributed by atoms with Crippen molar-refractivity contribution >= 4 is 11.8 Å². The highest BCUT2D eigenvalue weighted by Crippen LogP contribution is 2.07. The molecule has 0 aromatic heterocycles. The summed E-state index contributed by atoms with van der Waals surface area (Å²) >= 11 is 0.